The van der Waals surface area contributed by atoms with Crippen LogP contribution < -0.4 is 0 Å². The van der Waals surface area contributed by atoms with Crippen molar-refractivity contribution >= 4 is 73.9 Å². The minimum atomic E-state index is -3.55. The molecule has 0 bridgehead atoms. The normalized spacial score (nSPS) is 11.0. The van der Waals surface area contributed by atoms with Gasteiger partial charge in [-0.1, -0.05) is 0 Å². The summed E-state index contributed by atoms with van der Waals surface area (Å²) in [7, 11) is -3.55. The van der Waals surface area contributed by atoms with Crippen LogP contribution >= 0.6 is 11.8 Å². The van der Waals surface area contributed by atoms with Crippen molar-refractivity contribution in [2.45, 2.75) is 68.8 Å². The van der Waals surface area contributed by atoms with E-state index < -0.39 is 35.6 Å². The molecule has 14 heteroatoms. The van der Waals surface area contributed by atoms with Gasteiger partial charge in [0.2, 0.25) is 0 Å². The standard InChI is InChI=1S/C17H18N2O2SSe.C15H14N2O4SSe/c1-6-21-17(20)15-11(4)19-16(23-15)12-7-8-14(22-10(2)3)13(9-12)18-5;1-8(2)22(20,21)12-6-5-10(7-11(12)16-4)14-17-9(3)13(23-14)15(18)19/h7-10H,6H2,1-4H3;5-8H,1-3H3,(H,18,19). The van der Waals surface area contributed by atoms with Gasteiger partial charge in [-0.25, -0.2) is 0 Å². The Labute approximate surface area is 285 Å². The summed E-state index contributed by atoms with van der Waals surface area (Å²) in [6.07, 6.45) is 0. The topological polar surface area (TPSA) is 132 Å². The van der Waals surface area contributed by atoms with E-state index in [2.05, 4.69) is 33.5 Å². The summed E-state index contributed by atoms with van der Waals surface area (Å²) >= 11 is 1.04. The van der Waals surface area contributed by atoms with Gasteiger partial charge in [0.05, 0.1) is 0 Å². The summed E-state index contributed by atoms with van der Waals surface area (Å²) in [6.45, 7) is 27.6. The second-order valence-electron chi connectivity index (χ2n) is 10.2. The van der Waals surface area contributed by atoms with Gasteiger partial charge in [-0.05, 0) is 0 Å². The van der Waals surface area contributed by atoms with Crippen LogP contribution in [-0.4, -0.2) is 81.5 Å². The van der Waals surface area contributed by atoms with Gasteiger partial charge in [0.15, 0.2) is 0 Å². The molecule has 0 aliphatic carbocycles. The molecule has 0 fully saturated rings. The van der Waals surface area contributed by atoms with Crippen LogP contribution in [0.2, 0.25) is 0 Å². The van der Waals surface area contributed by atoms with Gasteiger partial charge >= 0.3 is 287 Å². The fourth-order valence-electron chi connectivity index (χ4n) is 3.95. The van der Waals surface area contributed by atoms with Crippen LogP contribution in [0.1, 0.15) is 64.5 Å². The second kappa shape index (κ2) is 15.9. The first-order valence-corrected chi connectivity index (χ1v) is 19.8. The van der Waals surface area contributed by atoms with Crippen LogP contribution in [0.3, 0.4) is 0 Å². The number of sulfone groups is 1. The summed E-state index contributed by atoms with van der Waals surface area (Å²) in [5.41, 5.74) is 3.37. The number of benzene rings is 2. The van der Waals surface area contributed by atoms with Crippen molar-refractivity contribution in [1.82, 2.24) is 9.97 Å². The Bertz CT molecular complexity index is 1970. The quantitative estimate of drug-likeness (QED) is 0.0834. The second-order valence-corrected chi connectivity index (χ2v) is 18.5. The number of thioether (sulfide) groups is 1. The zero-order chi connectivity index (χ0) is 34.3. The van der Waals surface area contributed by atoms with Crippen molar-refractivity contribution in [2.24, 2.45) is 0 Å². The molecule has 4 rings (SSSR count). The fraction of sp³-hybridized carbons (Fsp3) is 0.312. The van der Waals surface area contributed by atoms with E-state index in [4.69, 9.17) is 23.0 Å². The Balaban J connectivity index is 0.000000250. The van der Waals surface area contributed by atoms with Gasteiger partial charge in [0.1, 0.15) is 0 Å². The molecule has 2 aromatic heterocycles. The van der Waals surface area contributed by atoms with Gasteiger partial charge in [0, 0.05) is 0 Å². The summed E-state index contributed by atoms with van der Waals surface area (Å²) < 4.78 is 32.1. The monoisotopic (exact) mass is 792 g/mol. The molecule has 0 radical (unpaired) electrons. The van der Waals surface area contributed by atoms with Gasteiger partial charge in [-0.3, -0.25) is 0 Å². The third kappa shape index (κ3) is 8.65. The SMILES string of the molecule is [C-]#[N+]c1cc(-c2nc(C)c(C(=O)O)[se]2)ccc1S(=O)(=O)C(C)C.[C-]#[N+]c1cc(-c2nc(C)c(C(=O)OCC)[se]2)ccc1SC(C)C. The number of esters is 1. The number of aromatic carboxylic acids is 1. The molecule has 0 aliphatic heterocycles. The zero-order valence-corrected chi connectivity index (χ0v) is 31.3. The molecule has 0 saturated carbocycles. The summed E-state index contributed by atoms with van der Waals surface area (Å²) in [4.78, 5) is 39.8. The predicted octanol–water partition coefficient (Wildman–Crippen LogP) is 6.89. The fourth-order valence-corrected chi connectivity index (χ4v) is 9.89. The van der Waals surface area contributed by atoms with Crippen LogP contribution in [-0.2, 0) is 14.6 Å². The number of hydrogen-bond acceptors (Lipinski definition) is 8. The number of aromatic nitrogens is 2. The van der Waals surface area contributed by atoms with Crippen molar-refractivity contribution in [1.29, 1.82) is 0 Å². The summed E-state index contributed by atoms with van der Waals surface area (Å²) in [5, 5.41) is 8.92. The molecule has 0 saturated heterocycles. The third-order valence-corrected chi connectivity index (χ3v) is 14.5. The Morgan fingerprint density at radius 1 is 0.913 bits per heavy atom. The maximum absolute atomic E-state index is 12.3. The molecule has 0 amide bonds. The van der Waals surface area contributed by atoms with Gasteiger partial charge in [-0.15, -0.1) is 0 Å². The van der Waals surface area contributed by atoms with Crippen molar-refractivity contribution in [2.75, 3.05) is 6.61 Å². The van der Waals surface area contributed by atoms with E-state index >= 15 is 0 Å². The zero-order valence-electron chi connectivity index (χ0n) is 26.2. The number of carbonyl (C=O) groups excluding carboxylic acids is 1. The Kier molecular flexibility index (Phi) is 12.8. The van der Waals surface area contributed by atoms with Crippen molar-refractivity contribution in [3.05, 3.63) is 79.5 Å². The Morgan fingerprint density at radius 2 is 1.43 bits per heavy atom. The first-order chi connectivity index (χ1) is 21.6. The molecular weight excluding hydrogens is 758 g/mol. The molecule has 240 valence electrons. The molecule has 1 N–H and O–H groups in total. The number of ether oxygens (including phenoxy) is 1. The van der Waals surface area contributed by atoms with Gasteiger partial charge < -0.3 is 0 Å². The van der Waals surface area contributed by atoms with E-state index in [1.54, 1.807) is 45.5 Å². The molecule has 2 heterocycles. The number of nitrogens with zero attached hydrogens (tertiary/aromatic N) is 4. The average molecular weight is 791 g/mol. The first-order valence-electron chi connectivity index (χ1n) is 13.9. The molecule has 2 aromatic carbocycles. The minimum absolute atomic E-state index is 0.000450. The van der Waals surface area contributed by atoms with E-state index in [0.717, 1.165) is 20.7 Å². The van der Waals surface area contributed by atoms with E-state index in [0.29, 0.717) is 37.8 Å². The average Bonchev–Trinajstić information content (AvgIpc) is 3.59. The van der Waals surface area contributed by atoms with Crippen molar-refractivity contribution < 1.29 is 27.9 Å². The first kappa shape index (κ1) is 37.0. The molecular formula is C32H32N4O6S2Se2. The van der Waals surface area contributed by atoms with Crippen molar-refractivity contribution in [3.8, 4) is 20.3 Å². The number of aryl methyl sites for hydroxylation is 2. The van der Waals surface area contributed by atoms with Crippen LogP contribution in [0.5, 0.6) is 0 Å². The molecule has 46 heavy (non-hydrogen) atoms. The summed E-state index contributed by atoms with van der Waals surface area (Å²) in [6, 6.07) is 10.3. The molecule has 0 spiro atoms. The Morgan fingerprint density at radius 3 is 1.91 bits per heavy atom. The molecule has 4 aromatic rings. The molecule has 0 atom stereocenters. The van der Waals surface area contributed by atoms with Gasteiger partial charge in [-0.2, -0.15) is 0 Å². The Hall–Kier alpha value is -3.48. The summed E-state index contributed by atoms with van der Waals surface area (Å²) in [5.74, 6) is -1.27. The number of carbonyl (C=O) groups is 2. The van der Waals surface area contributed by atoms with E-state index in [9.17, 15) is 18.0 Å². The number of hydrogen-bond donors (Lipinski definition) is 1. The van der Waals surface area contributed by atoms with Crippen molar-refractivity contribution in [3.63, 3.8) is 0 Å². The van der Waals surface area contributed by atoms with E-state index in [-0.39, 0.29) is 35.5 Å². The number of rotatable bonds is 9. The maximum atomic E-state index is 12.3. The van der Waals surface area contributed by atoms with E-state index in [1.807, 2.05) is 25.1 Å². The van der Waals surface area contributed by atoms with Gasteiger partial charge in [0.25, 0.3) is 0 Å². The van der Waals surface area contributed by atoms with E-state index in [1.165, 1.54) is 12.1 Å². The van der Waals surface area contributed by atoms with Crippen LogP contribution in [0, 0.1) is 27.0 Å². The third-order valence-electron chi connectivity index (χ3n) is 6.19. The van der Waals surface area contributed by atoms with Crippen LogP contribution in [0.15, 0.2) is 46.2 Å². The number of carboxylic acid groups (broad SMARTS) is 1. The molecule has 0 unspecified atom stereocenters. The van der Waals surface area contributed by atoms with Crippen LogP contribution in [0.4, 0.5) is 11.4 Å². The molecule has 10 nitrogen and oxygen atoms in total. The predicted molar refractivity (Wildman–Crippen MR) is 181 cm³/mol. The molecule has 0 aliphatic rings. The number of carboxylic acids is 1. The van der Waals surface area contributed by atoms with Crippen LogP contribution in [0.25, 0.3) is 30.0 Å².